The van der Waals surface area contributed by atoms with Crippen LogP contribution in [0.2, 0.25) is 0 Å². The van der Waals surface area contributed by atoms with E-state index in [1.165, 1.54) is 16.2 Å². The number of hydrogen-bond donors (Lipinski definition) is 0. The Balaban J connectivity index is 1.34. The zero-order valence-electron chi connectivity index (χ0n) is 23.6. The summed E-state index contributed by atoms with van der Waals surface area (Å²) in [7, 11) is 0. The summed E-state index contributed by atoms with van der Waals surface area (Å²) in [4.78, 5) is 19.4. The van der Waals surface area contributed by atoms with E-state index < -0.39 is 0 Å². The number of nitrogens with zero attached hydrogens (tertiary/aromatic N) is 4. The first-order valence-corrected chi connectivity index (χ1v) is 14.7. The quantitative estimate of drug-likeness (QED) is 0.202. The molecule has 0 spiro atoms. The predicted octanol–water partition coefficient (Wildman–Crippen LogP) is 10.0. The molecule has 0 fully saturated rings. The van der Waals surface area contributed by atoms with Crippen LogP contribution in [-0.4, -0.2) is 19.9 Å². The molecule has 0 N–H and O–H groups in total. The molecule has 0 bridgehead atoms. The molecule has 9 rings (SSSR count). The van der Waals surface area contributed by atoms with Crippen molar-refractivity contribution in [3.05, 3.63) is 146 Å². The molecule has 0 aliphatic carbocycles. The number of aromatic nitrogens is 4. The first-order chi connectivity index (χ1) is 21.8. The first kappa shape index (κ1) is 24.6. The van der Waals surface area contributed by atoms with Crippen molar-refractivity contribution >= 4 is 54.1 Å². The standard InChI is InChI=1S/C40H24N4/c1-2-9-29-28(8-1)30(35-13-5-12-34(43-35)25-20-23-41-24-21-25)18-19-31(29)40-33-17-16-26-14-15-27-7-6-22-42-39(27)37(26)38(33)32-10-3-4-11-36(32)44-40/h1-24H. The lowest BCUT2D eigenvalue weighted by atomic mass is 9.91. The summed E-state index contributed by atoms with van der Waals surface area (Å²) in [6.45, 7) is 0. The van der Waals surface area contributed by atoms with Gasteiger partial charge < -0.3 is 0 Å². The number of hydrogen-bond acceptors (Lipinski definition) is 4. The number of para-hydroxylation sites is 1. The minimum Gasteiger partial charge on any atom is -0.265 e. The van der Waals surface area contributed by atoms with Gasteiger partial charge in [-0.25, -0.2) is 9.97 Å². The van der Waals surface area contributed by atoms with Gasteiger partial charge in [0.25, 0.3) is 0 Å². The van der Waals surface area contributed by atoms with Crippen molar-refractivity contribution in [2.45, 2.75) is 0 Å². The Morgan fingerprint density at radius 3 is 2.02 bits per heavy atom. The summed E-state index contributed by atoms with van der Waals surface area (Å²) >= 11 is 0. The zero-order chi connectivity index (χ0) is 29.0. The lowest BCUT2D eigenvalue weighted by Gasteiger charge is -2.16. The summed E-state index contributed by atoms with van der Waals surface area (Å²) in [6, 6.07) is 44.5. The Morgan fingerprint density at radius 1 is 0.409 bits per heavy atom. The Bertz CT molecular complexity index is 2560. The summed E-state index contributed by atoms with van der Waals surface area (Å²) in [5, 5.41) is 9.18. The molecule has 0 radical (unpaired) electrons. The van der Waals surface area contributed by atoms with Crippen LogP contribution >= 0.6 is 0 Å². The summed E-state index contributed by atoms with van der Waals surface area (Å²) in [5.41, 5.74) is 8.03. The molecule has 0 aliphatic rings. The Labute approximate surface area is 253 Å². The van der Waals surface area contributed by atoms with Crippen LogP contribution in [0.15, 0.2) is 146 Å². The van der Waals surface area contributed by atoms with E-state index in [0.29, 0.717) is 0 Å². The first-order valence-electron chi connectivity index (χ1n) is 14.7. The molecule has 0 amide bonds. The van der Waals surface area contributed by atoms with Crippen LogP contribution in [0.3, 0.4) is 0 Å². The summed E-state index contributed by atoms with van der Waals surface area (Å²) in [6.07, 6.45) is 5.49. The second kappa shape index (κ2) is 9.79. The maximum absolute atomic E-state index is 5.32. The minimum absolute atomic E-state index is 0.924. The largest absolute Gasteiger partial charge is 0.265 e. The third kappa shape index (κ3) is 3.78. The second-order valence-electron chi connectivity index (χ2n) is 11.1. The average molecular weight is 561 g/mol. The molecule has 0 saturated carbocycles. The predicted molar refractivity (Wildman–Crippen MR) is 181 cm³/mol. The molecular formula is C40H24N4. The van der Waals surface area contributed by atoms with E-state index in [1.54, 1.807) is 12.4 Å². The van der Waals surface area contributed by atoms with Crippen LogP contribution in [0.1, 0.15) is 0 Å². The van der Waals surface area contributed by atoms with Gasteiger partial charge in [-0.3, -0.25) is 9.97 Å². The van der Waals surface area contributed by atoms with E-state index in [0.717, 1.165) is 71.7 Å². The highest BCUT2D eigenvalue weighted by Gasteiger charge is 2.18. The van der Waals surface area contributed by atoms with Crippen molar-refractivity contribution in [1.82, 2.24) is 19.9 Å². The van der Waals surface area contributed by atoms with E-state index in [4.69, 9.17) is 15.0 Å². The van der Waals surface area contributed by atoms with Crippen molar-refractivity contribution in [3.8, 4) is 33.8 Å². The SMILES string of the molecule is c1cc(-c2ccncc2)nc(-c2ccc(-c3nc4ccccc4c4c3ccc3ccc5cccnc5c34)c3ccccc23)c1. The van der Waals surface area contributed by atoms with Gasteiger partial charge in [-0.15, -0.1) is 0 Å². The van der Waals surface area contributed by atoms with Crippen LogP contribution in [0, 0.1) is 0 Å². The van der Waals surface area contributed by atoms with Gasteiger partial charge in [-0.2, -0.15) is 0 Å². The van der Waals surface area contributed by atoms with E-state index >= 15 is 0 Å². The molecule has 0 saturated heterocycles. The lowest BCUT2D eigenvalue weighted by molar-refractivity contribution is 1.29. The van der Waals surface area contributed by atoms with Gasteiger partial charge in [0.2, 0.25) is 0 Å². The molecular weight excluding hydrogens is 536 g/mol. The number of rotatable bonds is 3. The maximum Gasteiger partial charge on any atom is 0.0794 e. The maximum atomic E-state index is 5.32. The summed E-state index contributed by atoms with van der Waals surface area (Å²) < 4.78 is 0. The van der Waals surface area contributed by atoms with Crippen molar-refractivity contribution in [2.75, 3.05) is 0 Å². The van der Waals surface area contributed by atoms with Crippen molar-refractivity contribution in [1.29, 1.82) is 0 Å². The summed E-state index contributed by atoms with van der Waals surface area (Å²) in [5.74, 6) is 0. The van der Waals surface area contributed by atoms with Gasteiger partial charge in [-0.1, -0.05) is 91.0 Å². The van der Waals surface area contributed by atoms with Crippen LogP contribution in [0.4, 0.5) is 0 Å². The molecule has 44 heavy (non-hydrogen) atoms. The highest BCUT2D eigenvalue weighted by molar-refractivity contribution is 6.28. The smallest absolute Gasteiger partial charge is 0.0794 e. The van der Waals surface area contributed by atoms with Crippen LogP contribution < -0.4 is 0 Å². The number of fused-ring (bicyclic) bond motifs is 8. The molecule has 5 aromatic carbocycles. The number of pyridine rings is 4. The zero-order valence-corrected chi connectivity index (χ0v) is 23.6. The molecule has 0 aliphatic heterocycles. The Morgan fingerprint density at radius 2 is 1.14 bits per heavy atom. The van der Waals surface area contributed by atoms with Crippen LogP contribution in [0.25, 0.3) is 87.9 Å². The Kier molecular flexibility index (Phi) is 5.47. The molecule has 0 atom stereocenters. The van der Waals surface area contributed by atoms with Crippen molar-refractivity contribution < 1.29 is 0 Å². The fraction of sp³-hybridized carbons (Fsp3) is 0. The van der Waals surface area contributed by atoms with Gasteiger partial charge in [-0.05, 0) is 52.6 Å². The van der Waals surface area contributed by atoms with Crippen molar-refractivity contribution in [3.63, 3.8) is 0 Å². The highest BCUT2D eigenvalue weighted by Crippen LogP contribution is 2.42. The molecule has 4 aromatic heterocycles. The minimum atomic E-state index is 0.924. The molecule has 4 heteroatoms. The van der Waals surface area contributed by atoms with Gasteiger partial charge in [0.15, 0.2) is 0 Å². The third-order valence-electron chi connectivity index (χ3n) is 8.60. The molecule has 204 valence electrons. The topological polar surface area (TPSA) is 51.6 Å². The van der Waals surface area contributed by atoms with Gasteiger partial charge in [0.1, 0.15) is 0 Å². The number of benzene rings is 5. The second-order valence-corrected chi connectivity index (χ2v) is 11.1. The molecule has 0 unspecified atom stereocenters. The highest BCUT2D eigenvalue weighted by atomic mass is 14.7. The molecule has 4 heterocycles. The van der Waals surface area contributed by atoms with Crippen LogP contribution in [0.5, 0.6) is 0 Å². The van der Waals surface area contributed by atoms with Gasteiger partial charge >= 0.3 is 0 Å². The van der Waals surface area contributed by atoms with E-state index in [1.807, 2.05) is 30.5 Å². The Hall–Kier alpha value is -6.00. The van der Waals surface area contributed by atoms with Gasteiger partial charge in [0, 0.05) is 62.2 Å². The van der Waals surface area contributed by atoms with Gasteiger partial charge in [0.05, 0.1) is 28.1 Å². The molecule has 4 nitrogen and oxygen atoms in total. The third-order valence-corrected chi connectivity index (χ3v) is 8.60. The lowest BCUT2D eigenvalue weighted by Crippen LogP contribution is -1.94. The molecule has 9 aromatic rings. The van der Waals surface area contributed by atoms with E-state index in [-0.39, 0.29) is 0 Å². The normalized spacial score (nSPS) is 11.6. The monoisotopic (exact) mass is 560 g/mol. The van der Waals surface area contributed by atoms with Crippen LogP contribution in [-0.2, 0) is 0 Å². The van der Waals surface area contributed by atoms with Crippen molar-refractivity contribution in [2.24, 2.45) is 0 Å². The fourth-order valence-electron chi connectivity index (χ4n) is 6.60. The fourth-order valence-corrected chi connectivity index (χ4v) is 6.60. The van der Waals surface area contributed by atoms with E-state index in [2.05, 4.69) is 108 Å². The van der Waals surface area contributed by atoms with E-state index in [9.17, 15) is 0 Å². The average Bonchev–Trinajstić information content (AvgIpc) is 3.11.